The van der Waals surface area contributed by atoms with E-state index in [2.05, 4.69) is 26.3 Å². The van der Waals surface area contributed by atoms with E-state index in [0.717, 1.165) is 28.7 Å². The third kappa shape index (κ3) is 3.98. The average Bonchev–Trinajstić information content (AvgIpc) is 3.03. The van der Waals surface area contributed by atoms with E-state index in [1.54, 1.807) is 10.9 Å². The number of aromatic nitrogens is 2. The molecule has 1 saturated heterocycles. The molecule has 1 unspecified atom stereocenters. The minimum absolute atomic E-state index is 0.0266. The second kappa shape index (κ2) is 8.03. The van der Waals surface area contributed by atoms with Gasteiger partial charge in [-0.25, -0.2) is 4.68 Å². The zero-order valence-corrected chi connectivity index (χ0v) is 16.6. The molecule has 2 amide bonds. The van der Waals surface area contributed by atoms with Gasteiger partial charge in [0.15, 0.2) is 0 Å². The van der Waals surface area contributed by atoms with Gasteiger partial charge in [0.2, 0.25) is 5.91 Å². The number of halogens is 1. The summed E-state index contributed by atoms with van der Waals surface area (Å²) in [6.07, 6.45) is 3.89. The van der Waals surface area contributed by atoms with Gasteiger partial charge in [0.1, 0.15) is 0 Å². The Kier molecular flexibility index (Phi) is 5.76. The molecule has 1 N–H and O–H groups in total. The molecule has 2 aromatic rings. The molecule has 0 bridgehead atoms. The van der Waals surface area contributed by atoms with E-state index in [9.17, 15) is 9.59 Å². The predicted molar refractivity (Wildman–Crippen MR) is 103 cm³/mol. The van der Waals surface area contributed by atoms with Crippen LogP contribution in [-0.2, 0) is 4.79 Å². The third-order valence-electron chi connectivity index (χ3n) is 4.71. The smallest absolute Gasteiger partial charge is 0.257 e. The van der Waals surface area contributed by atoms with E-state index in [0.29, 0.717) is 25.1 Å². The Morgan fingerprint density at radius 3 is 2.73 bits per heavy atom. The van der Waals surface area contributed by atoms with E-state index >= 15 is 0 Å². The number of likely N-dealkylation sites (tertiary alicyclic amines) is 1. The van der Waals surface area contributed by atoms with Crippen molar-refractivity contribution in [2.75, 3.05) is 13.1 Å². The van der Waals surface area contributed by atoms with Gasteiger partial charge in [-0.2, -0.15) is 5.10 Å². The molecule has 0 spiro atoms. The zero-order chi connectivity index (χ0) is 18.7. The van der Waals surface area contributed by atoms with Crippen LogP contribution in [0.2, 0.25) is 0 Å². The van der Waals surface area contributed by atoms with Crippen LogP contribution in [0.5, 0.6) is 0 Å². The Morgan fingerprint density at radius 1 is 1.31 bits per heavy atom. The van der Waals surface area contributed by atoms with Crippen LogP contribution < -0.4 is 5.32 Å². The van der Waals surface area contributed by atoms with Gasteiger partial charge in [-0.1, -0.05) is 22.9 Å². The highest BCUT2D eigenvalue weighted by Gasteiger charge is 2.27. The second-order valence-electron chi connectivity index (χ2n) is 6.54. The van der Waals surface area contributed by atoms with Crippen LogP contribution in [0.4, 0.5) is 0 Å². The number of carbonyl (C=O) groups excluding carboxylic acids is 2. The number of rotatable bonds is 4. The van der Waals surface area contributed by atoms with E-state index < -0.39 is 0 Å². The maximum absolute atomic E-state index is 13.0. The van der Waals surface area contributed by atoms with Gasteiger partial charge in [0, 0.05) is 30.0 Å². The number of piperidine rings is 1. The van der Waals surface area contributed by atoms with Crippen molar-refractivity contribution in [1.82, 2.24) is 20.0 Å². The van der Waals surface area contributed by atoms with Crippen LogP contribution in [0.15, 0.2) is 34.9 Å². The summed E-state index contributed by atoms with van der Waals surface area (Å²) in [5, 5.41) is 7.39. The van der Waals surface area contributed by atoms with Crippen molar-refractivity contribution in [3.63, 3.8) is 0 Å². The van der Waals surface area contributed by atoms with Gasteiger partial charge in [-0.3, -0.25) is 9.59 Å². The minimum Gasteiger partial charge on any atom is -0.352 e. The summed E-state index contributed by atoms with van der Waals surface area (Å²) in [4.78, 5) is 26.4. The lowest BCUT2D eigenvalue weighted by molar-refractivity contribution is -0.121. The van der Waals surface area contributed by atoms with Crippen molar-refractivity contribution in [1.29, 1.82) is 0 Å². The van der Waals surface area contributed by atoms with Crippen LogP contribution in [0.25, 0.3) is 5.69 Å². The summed E-state index contributed by atoms with van der Waals surface area (Å²) in [6.45, 7) is 5.00. The molecule has 0 radical (unpaired) electrons. The molecular formula is C19H23BrN4O2. The molecule has 1 aromatic carbocycles. The number of hydrogen-bond donors (Lipinski definition) is 1. The van der Waals surface area contributed by atoms with Crippen LogP contribution in [0.3, 0.4) is 0 Å². The van der Waals surface area contributed by atoms with Crippen LogP contribution in [0, 0.1) is 6.92 Å². The van der Waals surface area contributed by atoms with Crippen molar-refractivity contribution in [2.24, 2.45) is 0 Å². The molecule has 0 saturated carbocycles. The molecule has 1 aliphatic heterocycles. The first-order valence-electron chi connectivity index (χ1n) is 8.88. The first kappa shape index (κ1) is 18.6. The average molecular weight is 419 g/mol. The van der Waals surface area contributed by atoms with Gasteiger partial charge in [-0.15, -0.1) is 0 Å². The number of amides is 2. The standard InChI is InChI=1S/C19H23BrN4O2/c1-3-18(25)22-15-5-4-10-23(12-15)19(26)17-11-21-24(13(17)2)16-8-6-14(20)7-9-16/h6-9,11,15H,3-5,10,12H2,1-2H3,(H,22,25). The number of benzene rings is 1. The Morgan fingerprint density at radius 2 is 2.04 bits per heavy atom. The van der Waals surface area contributed by atoms with Crippen molar-refractivity contribution < 1.29 is 9.59 Å². The molecule has 138 valence electrons. The van der Waals surface area contributed by atoms with Crippen molar-refractivity contribution >= 4 is 27.7 Å². The SMILES string of the molecule is CCC(=O)NC1CCCN(C(=O)c2cnn(-c3ccc(Br)cc3)c2C)C1. The Labute approximate surface area is 161 Å². The fourth-order valence-corrected chi connectivity index (χ4v) is 3.51. The summed E-state index contributed by atoms with van der Waals surface area (Å²) in [5.74, 6) is 0.00449. The molecule has 1 atom stereocenters. The Balaban J connectivity index is 1.75. The quantitative estimate of drug-likeness (QED) is 0.829. The van der Waals surface area contributed by atoms with E-state index in [1.165, 1.54) is 0 Å². The monoisotopic (exact) mass is 418 g/mol. The molecule has 2 heterocycles. The number of nitrogens with one attached hydrogen (secondary N) is 1. The summed E-state index contributed by atoms with van der Waals surface area (Å²) in [7, 11) is 0. The number of carbonyl (C=O) groups is 2. The van der Waals surface area contributed by atoms with Crippen LogP contribution in [-0.4, -0.2) is 45.6 Å². The van der Waals surface area contributed by atoms with E-state index in [1.807, 2.05) is 43.0 Å². The molecule has 26 heavy (non-hydrogen) atoms. The van der Waals surface area contributed by atoms with E-state index in [4.69, 9.17) is 0 Å². The highest BCUT2D eigenvalue weighted by atomic mass is 79.9. The molecule has 1 aromatic heterocycles. The summed E-state index contributed by atoms with van der Waals surface area (Å²) >= 11 is 3.42. The van der Waals surface area contributed by atoms with Gasteiger partial charge in [0.05, 0.1) is 23.1 Å². The first-order valence-corrected chi connectivity index (χ1v) is 9.68. The molecule has 1 fully saturated rings. The Bertz CT molecular complexity index is 800. The lowest BCUT2D eigenvalue weighted by Gasteiger charge is -2.33. The van der Waals surface area contributed by atoms with Gasteiger partial charge in [-0.05, 0) is 44.0 Å². The van der Waals surface area contributed by atoms with Crippen molar-refractivity contribution in [3.8, 4) is 5.69 Å². The van der Waals surface area contributed by atoms with Crippen molar-refractivity contribution in [2.45, 2.75) is 39.2 Å². The third-order valence-corrected chi connectivity index (χ3v) is 5.23. The molecule has 0 aliphatic carbocycles. The van der Waals surface area contributed by atoms with Gasteiger partial charge < -0.3 is 10.2 Å². The fourth-order valence-electron chi connectivity index (χ4n) is 3.24. The predicted octanol–water partition coefficient (Wildman–Crippen LogP) is 3.07. The van der Waals surface area contributed by atoms with Crippen LogP contribution >= 0.6 is 15.9 Å². The van der Waals surface area contributed by atoms with Crippen LogP contribution in [0.1, 0.15) is 42.2 Å². The lowest BCUT2D eigenvalue weighted by Crippen LogP contribution is -2.49. The summed E-state index contributed by atoms with van der Waals surface area (Å²) < 4.78 is 2.77. The molecular weight excluding hydrogens is 396 g/mol. The topological polar surface area (TPSA) is 67.2 Å². The molecule has 7 heteroatoms. The zero-order valence-electron chi connectivity index (χ0n) is 15.0. The van der Waals surface area contributed by atoms with Gasteiger partial charge >= 0.3 is 0 Å². The van der Waals surface area contributed by atoms with Gasteiger partial charge in [0.25, 0.3) is 5.91 Å². The lowest BCUT2D eigenvalue weighted by atomic mass is 10.0. The van der Waals surface area contributed by atoms with Crippen molar-refractivity contribution in [3.05, 3.63) is 46.2 Å². The largest absolute Gasteiger partial charge is 0.352 e. The highest BCUT2D eigenvalue weighted by molar-refractivity contribution is 9.10. The summed E-state index contributed by atoms with van der Waals surface area (Å²) in [5.41, 5.74) is 2.34. The second-order valence-corrected chi connectivity index (χ2v) is 7.46. The van der Waals surface area contributed by atoms with E-state index in [-0.39, 0.29) is 17.9 Å². The number of nitrogens with zero attached hydrogens (tertiary/aromatic N) is 3. The maximum atomic E-state index is 13.0. The summed E-state index contributed by atoms with van der Waals surface area (Å²) in [6, 6.07) is 7.83. The minimum atomic E-state index is -0.0266. The normalized spacial score (nSPS) is 17.2. The fraction of sp³-hybridized carbons (Fsp3) is 0.421. The first-order chi connectivity index (χ1) is 12.5. The maximum Gasteiger partial charge on any atom is 0.257 e. The molecule has 1 aliphatic rings. The number of hydrogen-bond acceptors (Lipinski definition) is 3. The highest BCUT2D eigenvalue weighted by Crippen LogP contribution is 2.20. The molecule has 3 rings (SSSR count). The Hall–Kier alpha value is -2.15. The molecule has 6 nitrogen and oxygen atoms in total.